The van der Waals surface area contributed by atoms with Crippen LogP contribution in [0.2, 0.25) is 0 Å². The Morgan fingerprint density at radius 1 is 0.857 bits per heavy atom. The molecular formula is C19H38O2. The molecule has 0 bridgehead atoms. The van der Waals surface area contributed by atoms with Gasteiger partial charge in [-0.2, -0.15) is 0 Å². The van der Waals surface area contributed by atoms with Gasteiger partial charge in [0.2, 0.25) is 0 Å². The molecule has 0 saturated carbocycles. The topological polar surface area (TPSA) is 18.5 Å². The van der Waals surface area contributed by atoms with E-state index in [9.17, 15) is 0 Å². The molecule has 0 saturated heterocycles. The smallest absolute Gasteiger partial charge is 0.190 e. The molecule has 0 aromatic heterocycles. The van der Waals surface area contributed by atoms with Gasteiger partial charge >= 0.3 is 0 Å². The van der Waals surface area contributed by atoms with E-state index >= 15 is 0 Å². The van der Waals surface area contributed by atoms with E-state index in [1.807, 2.05) is 6.08 Å². The van der Waals surface area contributed by atoms with E-state index in [4.69, 9.17) is 9.47 Å². The van der Waals surface area contributed by atoms with Crippen LogP contribution in [0.25, 0.3) is 0 Å². The van der Waals surface area contributed by atoms with Crippen molar-refractivity contribution in [3.05, 3.63) is 12.7 Å². The van der Waals surface area contributed by atoms with Gasteiger partial charge in [-0.3, -0.25) is 0 Å². The first-order valence-corrected chi connectivity index (χ1v) is 9.08. The minimum absolute atomic E-state index is 0.360. The molecule has 1 atom stereocenters. The lowest BCUT2D eigenvalue weighted by atomic mass is 9.93. The number of hydrogen-bond acceptors (Lipinski definition) is 2. The van der Waals surface area contributed by atoms with Crippen LogP contribution in [0.5, 0.6) is 0 Å². The first-order valence-electron chi connectivity index (χ1n) is 9.08. The largest absolute Gasteiger partial charge is 0.346 e. The summed E-state index contributed by atoms with van der Waals surface area (Å²) in [5.74, 6) is -0.227. The van der Waals surface area contributed by atoms with Gasteiger partial charge in [0.15, 0.2) is 5.79 Å². The first-order chi connectivity index (χ1) is 10.2. The van der Waals surface area contributed by atoms with Crippen LogP contribution in [0.3, 0.4) is 0 Å². The summed E-state index contributed by atoms with van der Waals surface area (Å²) < 4.78 is 12.1. The van der Waals surface area contributed by atoms with Crippen LogP contribution in [-0.2, 0) is 9.47 Å². The molecule has 0 aliphatic carbocycles. The Morgan fingerprint density at radius 3 is 1.86 bits per heavy atom. The zero-order valence-electron chi connectivity index (χ0n) is 15.0. The highest BCUT2D eigenvalue weighted by atomic mass is 16.7. The van der Waals surface area contributed by atoms with Gasteiger partial charge in [0, 0.05) is 5.92 Å². The third-order valence-electron chi connectivity index (χ3n) is 4.03. The first kappa shape index (κ1) is 20.7. The summed E-state index contributed by atoms with van der Waals surface area (Å²) in [6, 6.07) is 0. The van der Waals surface area contributed by atoms with Gasteiger partial charge in [-0.15, -0.1) is 0 Å². The molecule has 0 radical (unpaired) electrons. The molecule has 0 rings (SSSR count). The highest BCUT2D eigenvalue weighted by Crippen LogP contribution is 2.30. The van der Waals surface area contributed by atoms with E-state index in [1.54, 1.807) is 0 Å². The zero-order valence-corrected chi connectivity index (χ0v) is 15.0. The van der Waals surface area contributed by atoms with Crippen molar-refractivity contribution in [1.82, 2.24) is 0 Å². The molecule has 0 amide bonds. The van der Waals surface area contributed by atoms with E-state index in [-0.39, 0.29) is 0 Å². The van der Waals surface area contributed by atoms with Crippen molar-refractivity contribution in [2.24, 2.45) is 5.92 Å². The molecule has 0 aliphatic heterocycles. The van der Waals surface area contributed by atoms with Gasteiger partial charge in [0.05, 0.1) is 13.2 Å². The van der Waals surface area contributed by atoms with Crippen molar-refractivity contribution < 1.29 is 9.47 Å². The predicted octanol–water partition coefficient (Wildman–Crippen LogP) is 6.11. The molecule has 2 nitrogen and oxygen atoms in total. The lowest BCUT2D eigenvalue weighted by Gasteiger charge is -2.36. The van der Waals surface area contributed by atoms with Crippen molar-refractivity contribution in [3.63, 3.8) is 0 Å². The minimum Gasteiger partial charge on any atom is -0.346 e. The molecule has 21 heavy (non-hydrogen) atoms. The average molecular weight is 299 g/mol. The molecular weight excluding hydrogens is 260 g/mol. The normalized spacial score (nSPS) is 13.3. The molecule has 2 heteroatoms. The maximum atomic E-state index is 6.05. The Hall–Kier alpha value is -0.340. The summed E-state index contributed by atoms with van der Waals surface area (Å²) >= 11 is 0. The molecule has 0 fully saturated rings. The second-order valence-corrected chi connectivity index (χ2v) is 6.08. The maximum absolute atomic E-state index is 6.05. The van der Waals surface area contributed by atoms with Gasteiger partial charge < -0.3 is 9.47 Å². The second-order valence-electron chi connectivity index (χ2n) is 6.08. The summed E-state index contributed by atoms with van der Waals surface area (Å²) in [7, 11) is 0. The lowest BCUT2D eigenvalue weighted by molar-refractivity contribution is -0.233. The van der Waals surface area contributed by atoms with E-state index in [0.29, 0.717) is 5.92 Å². The lowest BCUT2D eigenvalue weighted by Crippen LogP contribution is -2.41. The Labute approximate surface area is 133 Å². The van der Waals surface area contributed by atoms with Gasteiger partial charge in [-0.25, -0.2) is 0 Å². The standard InChI is InChI=1S/C19H38O2/c1-6-10-11-12-13-14-15-18(5)19(9-4,20-16-7-2)21-17-8-3/h9,18H,4,6-8,10-17H2,1-3,5H3. The van der Waals surface area contributed by atoms with Crippen molar-refractivity contribution in [2.75, 3.05) is 13.2 Å². The van der Waals surface area contributed by atoms with Crippen molar-refractivity contribution in [3.8, 4) is 0 Å². The summed E-state index contributed by atoms with van der Waals surface area (Å²) in [6.45, 7) is 14.2. The number of unbranched alkanes of at least 4 members (excludes halogenated alkanes) is 5. The Balaban J connectivity index is 4.27. The maximum Gasteiger partial charge on any atom is 0.190 e. The predicted molar refractivity (Wildman–Crippen MR) is 92.6 cm³/mol. The quantitative estimate of drug-likeness (QED) is 0.206. The molecule has 0 aromatic rings. The van der Waals surface area contributed by atoms with E-state index < -0.39 is 5.79 Å². The fourth-order valence-corrected chi connectivity index (χ4v) is 2.60. The van der Waals surface area contributed by atoms with Gasteiger partial charge in [0.1, 0.15) is 0 Å². The average Bonchev–Trinajstić information content (AvgIpc) is 2.51. The Bertz CT molecular complexity index is 230. The SMILES string of the molecule is C=CC(OCCC)(OCCC)C(C)CCCCCCCC. The highest BCUT2D eigenvalue weighted by molar-refractivity contribution is 4.94. The zero-order chi connectivity index (χ0) is 16.0. The van der Waals surface area contributed by atoms with Gasteiger partial charge in [-0.05, 0) is 25.3 Å². The third-order valence-corrected chi connectivity index (χ3v) is 4.03. The fourth-order valence-electron chi connectivity index (χ4n) is 2.60. The molecule has 1 unspecified atom stereocenters. The monoisotopic (exact) mass is 298 g/mol. The van der Waals surface area contributed by atoms with E-state index in [2.05, 4.69) is 34.3 Å². The van der Waals surface area contributed by atoms with Crippen molar-refractivity contribution in [2.45, 2.75) is 91.3 Å². The third kappa shape index (κ3) is 8.63. The minimum atomic E-state index is -0.588. The van der Waals surface area contributed by atoms with Crippen LogP contribution in [-0.4, -0.2) is 19.0 Å². The van der Waals surface area contributed by atoms with Gasteiger partial charge in [-0.1, -0.05) is 72.8 Å². The summed E-state index contributed by atoms with van der Waals surface area (Å²) in [6.07, 6.45) is 13.0. The van der Waals surface area contributed by atoms with E-state index in [1.165, 1.54) is 38.5 Å². The van der Waals surface area contributed by atoms with Crippen molar-refractivity contribution in [1.29, 1.82) is 0 Å². The molecule has 0 N–H and O–H groups in total. The Morgan fingerprint density at radius 2 is 1.38 bits per heavy atom. The molecule has 0 aliphatic rings. The van der Waals surface area contributed by atoms with Crippen LogP contribution in [0.4, 0.5) is 0 Å². The molecule has 126 valence electrons. The Kier molecular flexibility index (Phi) is 13.1. The summed E-state index contributed by atoms with van der Waals surface area (Å²) in [4.78, 5) is 0. The van der Waals surface area contributed by atoms with Crippen LogP contribution in [0.1, 0.15) is 85.5 Å². The summed E-state index contributed by atoms with van der Waals surface area (Å²) in [5.41, 5.74) is 0. The van der Waals surface area contributed by atoms with Crippen LogP contribution in [0, 0.1) is 5.92 Å². The van der Waals surface area contributed by atoms with Crippen LogP contribution >= 0.6 is 0 Å². The van der Waals surface area contributed by atoms with Crippen LogP contribution < -0.4 is 0 Å². The molecule has 0 spiro atoms. The fraction of sp³-hybridized carbons (Fsp3) is 0.895. The van der Waals surface area contributed by atoms with Crippen LogP contribution in [0.15, 0.2) is 12.7 Å². The number of ether oxygens (including phenoxy) is 2. The van der Waals surface area contributed by atoms with E-state index in [0.717, 1.165) is 32.5 Å². The highest BCUT2D eigenvalue weighted by Gasteiger charge is 2.34. The van der Waals surface area contributed by atoms with Crippen molar-refractivity contribution >= 4 is 0 Å². The van der Waals surface area contributed by atoms with Gasteiger partial charge in [0.25, 0.3) is 0 Å². The second kappa shape index (κ2) is 13.3. The number of hydrogen-bond donors (Lipinski definition) is 0. The molecule has 0 heterocycles. The molecule has 0 aromatic carbocycles. The summed E-state index contributed by atoms with van der Waals surface area (Å²) in [5, 5.41) is 0. The number of rotatable bonds is 15.